The van der Waals surface area contributed by atoms with Crippen LogP contribution in [0.3, 0.4) is 0 Å². The van der Waals surface area contributed by atoms with Gasteiger partial charge in [0.2, 0.25) is 5.78 Å². The van der Waals surface area contributed by atoms with E-state index in [1.807, 2.05) is 36.6 Å². The van der Waals surface area contributed by atoms with E-state index in [9.17, 15) is 14.0 Å². The third-order valence-electron chi connectivity index (χ3n) is 5.37. The van der Waals surface area contributed by atoms with Gasteiger partial charge in [0.1, 0.15) is 5.82 Å². The van der Waals surface area contributed by atoms with Crippen molar-refractivity contribution in [2.75, 3.05) is 0 Å². The molecule has 0 spiro atoms. The van der Waals surface area contributed by atoms with E-state index in [1.54, 1.807) is 29.8 Å². The fourth-order valence-corrected chi connectivity index (χ4v) is 3.78. The maximum atomic E-state index is 13.5. The van der Waals surface area contributed by atoms with E-state index >= 15 is 0 Å². The molecule has 5 rings (SSSR count). The Hall–Kier alpha value is -3.94. The lowest BCUT2D eigenvalue weighted by Crippen LogP contribution is -2.28. The van der Waals surface area contributed by atoms with Crippen LogP contribution in [0.2, 0.25) is 0 Å². The number of rotatable bonds is 2. The quantitative estimate of drug-likeness (QED) is 0.492. The Morgan fingerprint density at radius 1 is 1.03 bits per heavy atom. The molecule has 0 aliphatic heterocycles. The fourth-order valence-electron chi connectivity index (χ4n) is 3.78. The molecular formula is C22H18FN5O2. The van der Waals surface area contributed by atoms with Gasteiger partial charge in [0, 0.05) is 18.8 Å². The van der Waals surface area contributed by atoms with Gasteiger partial charge in [-0.2, -0.15) is 4.98 Å². The summed E-state index contributed by atoms with van der Waals surface area (Å²) in [6.07, 6.45) is 1.79. The highest BCUT2D eigenvalue weighted by Crippen LogP contribution is 2.30. The van der Waals surface area contributed by atoms with Gasteiger partial charge in [-0.1, -0.05) is 12.1 Å². The molecule has 0 radical (unpaired) electrons. The fraction of sp³-hybridized carbons (Fsp3) is 0.136. The minimum absolute atomic E-state index is 0.277. The average molecular weight is 403 g/mol. The lowest BCUT2D eigenvalue weighted by atomic mass is 10.1. The van der Waals surface area contributed by atoms with E-state index in [0.29, 0.717) is 11.4 Å². The van der Waals surface area contributed by atoms with E-state index in [4.69, 9.17) is 0 Å². The van der Waals surface area contributed by atoms with Crippen molar-refractivity contribution in [3.05, 3.63) is 86.4 Å². The van der Waals surface area contributed by atoms with Crippen LogP contribution in [0, 0.1) is 19.7 Å². The summed E-state index contributed by atoms with van der Waals surface area (Å²) in [6.45, 7) is 3.99. The molecule has 7 nitrogen and oxygen atoms in total. The Morgan fingerprint density at radius 3 is 2.50 bits per heavy atom. The molecule has 0 saturated heterocycles. The monoisotopic (exact) mass is 403 g/mol. The van der Waals surface area contributed by atoms with Crippen molar-refractivity contribution in [3.8, 4) is 16.9 Å². The van der Waals surface area contributed by atoms with Gasteiger partial charge in [-0.15, -0.1) is 0 Å². The van der Waals surface area contributed by atoms with Crippen molar-refractivity contribution in [2.45, 2.75) is 13.8 Å². The van der Waals surface area contributed by atoms with Gasteiger partial charge >= 0.3 is 5.69 Å². The molecule has 0 fully saturated rings. The molecular weight excluding hydrogens is 385 g/mol. The Kier molecular flexibility index (Phi) is 3.79. The molecule has 0 unspecified atom stereocenters. The molecule has 0 aliphatic carbocycles. The zero-order valence-corrected chi connectivity index (χ0v) is 16.6. The number of fused-ring (bicyclic) bond motifs is 3. The molecule has 0 bridgehead atoms. The second-order valence-corrected chi connectivity index (χ2v) is 7.42. The van der Waals surface area contributed by atoms with E-state index in [1.165, 1.54) is 16.7 Å². The summed E-state index contributed by atoms with van der Waals surface area (Å²) in [5.41, 5.74) is 4.03. The summed E-state index contributed by atoms with van der Waals surface area (Å²) < 4.78 is 18.4. The van der Waals surface area contributed by atoms with E-state index in [-0.39, 0.29) is 11.3 Å². The highest BCUT2D eigenvalue weighted by atomic mass is 19.1. The number of halogens is 1. The van der Waals surface area contributed by atoms with Crippen molar-refractivity contribution in [2.24, 2.45) is 7.05 Å². The van der Waals surface area contributed by atoms with Gasteiger partial charge < -0.3 is 0 Å². The van der Waals surface area contributed by atoms with Gasteiger partial charge in [-0.3, -0.25) is 23.3 Å². The van der Waals surface area contributed by atoms with Crippen LogP contribution in [0.5, 0.6) is 0 Å². The zero-order chi connectivity index (χ0) is 21.2. The van der Waals surface area contributed by atoms with Crippen LogP contribution in [0.4, 0.5) is 4.39 Å². The first kappa shape index (κ1) is 18.1. The molecule has 150 valence electrons. The van der Waals surface area contributed by atoms with E-state index in [2.05, 4.69) is 9.97 Å². The van der Waals surface area contributed by atoms with Gasteiger partial charge in [-0.25, -0.2) is 9.18 Å². The standard InChI is InChI=1S/C22H18FN5O2/c1-12-4-5-13(2)16(10-12)28-17(14-6-8-15(23)9-7-14)11-27-18-19(24-21(27)28)26(3)22(30)25-20(18)29/h4-11H,1-3H3,(H,25,29,30). The number of nitrogens with zero attached hydrogens (tertiary/aromatic N) is 4. The van der Waals surface area contributed by atoms with Crippen molar-refractivity contribution in [1.82, 2.24) is 23.5 Å². The third kappa shape index (κ3) is 2.53. The smallest absolute Gasteiger partial charge is 0.279 e. The highest BCUT2D eigenvalue weighted by Gasteiger charge is 2.21. The lowest BCUT2D eigenvalue weighted by Gasteiger charge is -2.13. The van der Waals surface area contributed by atoms with Crippen molar-refractivity contribution < 1.29 is 4.39 Å². The predicted molar refractivity (Wildman–Crippen MR) is 113 cm³/mol. The largest absolute Gasteiger partial charge is 0.329 e. The predicted octanol–water partition coefficient (Wildman–Crippen LogP) is 3.09. The van der Waals surface area contributed by atoms with Gasteiger partial charge in [0.25, 0.3) is 5.56 Å². The normalized spacial score (nSPS) is 11.6. The molecule has 5 aromatic rings. The number of benzene rings is 2. The SMILES string of the molecule is Cc1ccc(C)c(-n2c(-c3ccc(F)cc3)cn3c4c(=O)[nH]c(=O)n(C)c4nc23)c1. The molecule has 2 aromatic carbocycles. The van der Waals surface area contributed by atoms with Crippen molar-refractivity contribution in [3.63, 3.8) is 0 Å². The van der Waals surface area contributed by atoms with Crippen molar-refractivity contribution in [1.29, 1.82) is 0 Å². The van der Waals surface area contributed by atoms with Crippen LogP contribution in [-0.2, 0) is 7.05 Å². The van der Waals surface area contributed by atoms with Gasteiger partial charge in [0.05, 0.1) is 11.4 Å². The summed E-state index contributed by atoms with van der Waals surface area (Å²) in [5.74, 6) is 0.162. The average Bonchev–Trinajstić information content (AvgIpc) is 3.25. The number of nitrogens with one attached hydrogen (secondary N) is 1. The molecule has 0 atom stereocenters. The van der Waals surface area contributed by atoms with Crippen molar-refractivity contribution >= 4 is 16.9 Å². The van der Waals surface area contributed by atoms with Crippen LogP contribution in [0.25, 0.3) is 33.9 Å². The maximum Gasteiger partial charge on any atom is 0.329 e. The molecule has 1 N–H and O–H groups in total. The van der Waals surface area contributed by atoms with Crippen LogP contribution in [0.1, 0.15) is 11.1 Å². The lowest BCUT2D eigenvalue weighted by molar-refractivity contribution is 0.628. The van der Waals surface area contributed by atoms with Gasteiger partial charge in [0.15, 0.2) is 11.2 Å². The maximum absolute atomic E-state index is 13.5. The first-order valence-electron chi connectivity index (χ1n) is 9.41. The Balaban J connectivity index is 1.98. The Bertz CT molecular complexity index is 1570. The summed E-state index contributed by atoms with van der Waals surface area (Å²) in [4.78, 5) is 31.6. The molecule has 8 heteroatoms. The number of H-pyrrole nitrogens is 1. The van der Waals surface area contributed by atoms with Gasteiger partial charge in [-0.05, 0) is 55.3 Å². The molecule has 30 heavy (non-hydrogen) atoms. The number of imidazole rings is 2. The molecule has 3 aromatic heterocycles. The topological polar surface area (TPSA) is 77.1 Å². The summed E-state index contributed by atoms with van der Waals surface area (Å²) >= 11 is 0. The first-order chi connectivity index (χ1) is 14.3. The number of aromatic nitrogens is 5. The number of hydrogen-bond donors (Lipinski definition) is 1. The Morgan fingerprint density at radius 2 is 1.77 bits per heavy atom. The molecule has 0 aliphatic rings. The second-order valence-electron chi connectivity index (χ2n) is 7.42. The number of hydrogen-bond acceptors (Lipinski definition) is 3. The highest BCUT2D eigenvalue weighted by molar-refractivity contribution is 5.79. The Labute approximate surface area is 169 Å². The van der Waals surface area contributed by atoms with Crippen LogP contribution < -0.4 is 11.2 Å². The summed E-state index contributed by atoms with van der Waals surface area (Å²) in [5, 5.41) is 0. The summed E-state index contributed by atoms with van der Waals surface area (Å²) in [7, 11) is 1.57. The summed E-state index contributed by atoms with van der Waals surface area (Å²) in [6, 6.07) is 12.2. The molecule has 0 saturated carbocycles. The number of aromatic amines is 1. The minimum Gasteiger partial charge on any atom is -0.279 e. The first-order valence-corrected chi connectivity index (χ1v) is 9.41. The minimum atomic E-state index is -0.523. The number of aryl methyl sites for hydroxylation is 3. The van der Waals surface area contributed by atoms with Crippen LogP contribution in [-0.4, -0.2) is 23.5 Å². The van der Waals surface area contributed by atoms with E-state index < -0.39 is 11.2 Å². The van der Waals surface area contributed by atoms with E-state index in [0.717, 1.165) is 28.1 Å². The zero-order valence-electron chi connectivity index (χ0n) is 16.6. The van der Waals surface area contributed by atoms with Crippen LogP contribution >= 0.6 is 0 Å². The van der Waals surface area contributed by atoms with Crippen LogP contribution in [0.15, 0.2) is 58.3 Å². The molecule has 0 amide bonds. The molecule has 3 heterocycles. The second kappa shape index (κ2) is 6.28. The third-order valence-corrected chi connectivity index (χ3v) is 5.37.